The van der Waals surface area contributed by atoms with Crippen molar-refractivity contribution in [2.45, 2.75) is 38.3 Å². The minimum Gasteiger partial charge on any atom is -0.395 e. The van der Waals surface area contributed by atoms with E-state index in [1.54, 1.807) is 6.20 Å². The molecule has 186 valence electrons. The van der Waals surface area contributed by atoms with Crippen LogP contribution in [-0.2, 0) is 6.54 Å². The average Bonchev–Trinajstić information content (AvgIpc) is 3.55. The fourth-order valence-electron chi connectivity index (χ4n) is 5.00. The van der Waals surface area contributed by atoms with Gasteiger partial charge in [0.2, 0.25) is 0 Å². The molecule has 7 nitrogen and oxygen atoms in total. The van der Waals surface area contributed by atoms with Crippen LogP contribution in [0.5, 0.6) is 0 Å². The van der Waals surface area contributed by atoms with Gasteiger partial charge in [0.1, 0.15) is 0 Å². The maximum Gasteiger partial charge on any atom is 0.252 e. The number of amides is 1. The van der Waals surface area contributed by atoms with Crippen molar-refractivity contribution < 1.29 is 9.90 Å². The highest BCUT2D eigenvalue weighted by molar-refractivity contribution is 6.06. The van der Waals surface area contributed by atoms with Gasteiger partial charge >= 0.3 is 0 Å². The standard InChI is InChI=1S/C29H33N5O2/c35-21-24-14-9-17-33(24)16-8-7-15-30-29(36)25-18-27(23-12-5-2-6-13-23)32-28-26(25)19-31-34(28)20-22-10-3-1-4-11-22/h1-6,10-13,18-19,24,35H,7-9,14-17,20-21H2,(H,30,36). The van der Waals surface area contributed by atoms with E-state index in [0.717, 1.165) is 61.0 Å². The third-order valence-electron chi connectivity index (χ3n) is 6.97. The van der Waals surface area contributed by atoms with Crippen LogP contribution in [0.2, 0.25) is 0 Å². The number of pyridine rings is 1. The molecule has 7 heteroatoms. The predicted molar refractivity (Wildman–Crippen MR) is 142 cm³/mol. The van der Waals surface area contributed by atoms with Crippen molar-refractivity contribution in [1.29, 1.82) is 0 Å². The Morgan fingerprint density at radius 1 is 1.06 bits per heavy atom. The summed E-state index contributed by atoms with van der Waals surface area (Å²) in [5.41, 5.74) is 4.14. The van der Waals surface area contributed by atoms with Gasteiger partial charge in [-0.05, 0) is 50.4 Å². The van der Waals surface area contributed by atoms with Crippen LogP contribution in [0.1, 0.15) is 41.6 Å². The number of fused-ring (bicyclic) bond motifs is 1. The van der Waals surface area contributed by atoms with Crippen molar-refractivity contribution in [3.63, 3.8) is 0 Å². The van der Waals surface area contributed by atoms with Gasteiger partial charge in [-0.3, -0.25) is 9.69 Å². The van der Waals surface area contributed by atoms with Crippen LogP contribution in [0.3, 0.4) is 0 Å². The van der Waals surface area contributed by atoms with Gasteiger partial charge in [-0.25, -0.2) is 9.67 Å². The average molecular weight is 484 g/mol. The van der Waals surface area contributed by atoms with E-state index in [9.17, 15) is 9.90 Å². The quantitative estimate of drug-likeness (QED) is 0.332. The smallest absolute Gasteiger partial charge is 0.252 e. The zero-order chi connectivity index (χ0) is 24.7. The molecule has 4 aromatic rings. The molecule has 1 unspecified atom stereocenters. The Balaban J connectivity index is 1.33. The summed E-state index contributed by atoms with van der Waals surface area (Å²) in [6.07, 6.45) is 5.87. The molecule has 36 heavy (non-hydrogen) atoms. The normalized spacial score (nSPS) is 16.0. The Labute approximate surface area is 211 Å². The number of carbonyl (C=O) groups excluding carboxylic acids is 1. The van der Waals surface area contributed by atoms with E-state index in [1.807, 2.05) is 59.3 Å². The number of aliphatic hydroxyl groups excluding tert-OH is 1. The second-order valence-electron chi connectivity index (χ2n) is 9.42. The minimum absolute atomic E-state index is 0.103. The number of nitrogens with zero attached hydrogens (tertiary/aromatic N) is 4. The number of nitrogens with one attached hydrogen (secondary N) is 1. The highest BCUT2D eigenvalue weighted by Gasteiger charge is 2.23. The topological polar surface area (TPSA) is 83.3 Å². The molecular weight excluding hydrogens is 450 g/mol. The summed E-state index contributed by atoms with van der Waals surface area (Å²) in [4.78, 5) is 20.6. The zero-order valence-electron chi connectivity index (χ0n) is 20.5. The number of rotatable bonds is 10. The van der Waals surface area contributed by atoms with Crippen LogP contribution in [0.4, 0.5) is 0 Å². The molecule has 2 aromatic heterocycles. The van der Waals surface area contributed by atoms with Gasteiger partial charge in [-0.1, -0.05) is 60.7 Å². The van der Waals surface area contributed by atoms with E-state index < -0.39 is 0 Å². The van der Waals surface area contributed by atoms with Crippen LogP contribution >= 0.6 is 0 Å². The fourth-order valence-corrected chi connectivity index (χ4v) is 5.00. The Bertz CT molecular complexity index is 1290. The molecule has 3 heterocycles. The van der Waals surface area contributed by atoms with Gasteiger partial charge < -0.3 is 10.4 Å². The van der Waals surface area contributed by atoms with Gasteiger partial charge in [0.25, 0.3) is 5.91 Å². The van der Waals surface area contributed by atoms with Crippen molar-refractivity contribution in [2.75, 3.05) is 26.2 Å². The molecule has 2 aromatic carbocycles. The molecule has 0 aliphatic carbocycles. The van der Waals surface area contributed by atoms with E-state index in [4.69, 9.17) is 4.98 Å². The molecule has 1 amide bonds. The van der Waals surface area contributed by atoms with E-state index in [2.05, 4.69) is 27.4 Å². The highest BCUT2D eigenvalue weighted by Crippen LogP contribution is 2.25. The number of hydrogen-bond donors (Lipinski definition) is 2. The lowest BCUT2D eigenvalue weighted by Gasteiger charge is -2.22. The molecule has 0 bridgehead atoms. The van der Waals surface area contributed by atoms with Crippen LogP contribution in [0.15, 0.2) is 72.9 Å². The second kappa shape index (κ2) is 11.5. The predicted octanol–water partition coefficient (Wildman–Crippen LogP) is 4.11. The number of aromatic nitrogens is 3. The SMILES string of the molecule is O=C(NCCCCN1CCCC1CO)c1cc(-c2ccccc2)nc2c1cnn2Cc1ccccc1. The summed E-state index contributed by atoms with van der Waals surface area (Å²) >= 11 is 0. The van der Waals surface area contributed by atoms with Crippen molar-refractivity contribution in [3.8, 4) is 11.3 Å². The first-order valence-corrected chi connectivity index (χ1v) is 12.8. The first-order valence-electron chi connectivity index (χ1n) is 12.8. The maximum absolute atomic E-state index is 13.3. The van der Waals surface area contributed by atoms with Crippen LogP contribution in [0, 0.1) is 0 Å². The number of likely N-dealkylation sites (tertiary alicyclic amines) is 1. The molecule has 0 spiro atoms. The molecule has 5 rings (SSSR count). The molecule has 1 fully saturated rings. The Morgan fingerprint density at radius 3 is 2.61 bits per heavy atom. The lowest BCUT2D eigenvalue weighted by atomic mass is 10.1. The van der Waals surface area contributed by atoms with Gasteiger partial charge in [-0.2, -0.15) is 5.10 Å². The lowest BCUT2D eigenvalue weighted by Crippen LogP contribution is -2.33. The third kappa shape index (κ3) is 5.48. The van der Waals surface area contributed by atoms with Crippen molar-refractivity contribution in [2.24, 2.45) is 0 Å². The van der Waals surface area contributed by atoms with Crippen LogP contribution in [-0.4, -0.2) is 63.0 Å². The number of benzene rings is 2. The Kier molecular flexibility index (Phi) is 7.69. The monoisotopic (exact) mass is 483 g/mol. The largest absolute Gasteiger partial charge is 0.395 e. The van der Waals surface area contributed by atoms with E-state index in [0.29, 0.717) is 30.3 Å². The molecular formula is C29H33N5O2. The summed E-state index contributed by atoms with van der Waals surface area (Å²) in [5, 5.41) is 18.0. The summed E-state index contributed by atoms with van der Waals surface area (Å²) in [7, 11) is 0. The Hall–Kier alpha value is -3.55. The van der Waals surface area contributed by atoms with Gasteiger partial charge in [0, 0.05) is 18.2 Å². The number of hydrogen-bond acceptors (Lipinski definition) is 5. The summed E-state index contributed by atoms with van der Waals surface area (Å²) < 4.78 is 1.86. The first-order chi connectivity index (χ1) is 17.7. The molecule has 0 saturated carbocycles. The molecule has 2 N–H and O–H groups in total. The second-order valence-corrected chi connectivity index (χ2v) is 9.42. The lowest BCUT2D eigenvalue weighted by molar-refractivity contribution is 0.0953. The summed E-state index contributed by atoms with van der Waals surface area (Å²) in [6.45, 7) is 3.45. The molecule has 1 aliphatic heterocycles. The van der Waals surface area contributed by atoms with Crippen molar-refractivity contribution in [3.05, 3.63) is 84.1 Å². The van der Waals surface area contributed by atoms with Crippen LogP contribution in [0.25, 0.3) is 22.3 Å². The maximum atomic E-state index is 13.3. The molecule has 1 saturated heterocycles. The van der Waals surface area contributed by atoms with Gasteiger partial charge in [0.05, 0.1) is 36.0 Å². The summed E-state index contributed by atoms with van der Waals surface area (Å²) in [6, 6.07) is 22.2. The van der Waals surface area contributed by atoms with Gasteiger partial charge in [-0.15, -0.1) is 0 Å². The van der Waals surface area contributed by atoms with Crippen molar-refractivity contribution in [1.82, 2.24) is 25.0 Å². The summed E-state index contributed by atoms with van der Waals surface area (Å²) in [5.74, 6) is -0.103. The van der Waals surface area contributed by atoms with Crippen molar-refractivity contribution >= 4 is 16.9 Å². The number of aliphatic hydroxyl groups is 1. The molecule has 0 radical (unpaired) electrons. The Morgan fingerprint density at radius 2 is 1.83 bits per heavy atom. The van der Waals surface area contributed by atoms with E-state index in [1.165, 1.54) is 0 Å². The highest BCUT2D eigenvalue weighted by atomic mass is 16.3. The first kappa shape index (κ1) is 24.2. The van der Waals surface area contributed by atoms with E-state index in [-0.39, 0.29) is 12.5 Å². The number of carbonyl (C=O) groups is 1. The zero-order valence-corrected chi connectivity index (χ0v) is 20.5. The molecule has 1 aliphatic rings. The van der Waals surface area contributed by atoms with Crippen LogP contribution < -0.4 is 5.32 Å². The number of unbranched alkanes of at least 4 members (excludes halogenated alkanes) is 1. The van der Waals surface area contributed by atoms with Gasteiger partial charge in [0.15, 0.2) is 5.65 Å². The fraction of sp³-hybridized carbons (Fsp3) is 0.345. The van der Waals surface area contributed by atoms with E-state index >= 15 is 0 Å². The molecule has 1 atom stereocenters. The third-order valence-corrected chi connectivity index (χ3v) is 6.97. The minimum atomic E-state index is -0.103.